The molecular weight excluding hydrogens is 238 g/mol. The van der Waals surface area contributed by atoms with Crippen LogP contribution in [0.4, 0.5) is 11.5 Å². The molecule has 1 aromatic heterocycles. The topological polar surface area (TPSA) is 102 Å². The highest BCUT2D eigenvalue weighted by Gasteiger charge is 2.23. The Balaban J connectivity index is 2.67. The molecule has 0 radical (unpaired) electrons. The predicted molar refractivity (Wildman–Crippen MR) is 66.4 cm³/mol. The molecule has 8 heteroatoms. The van der Waals surface area contributed by atoms with Crippen LogP contribution in [0, 0.1) is 17.0 Å². The molecule has 0 unspecified atom stereocenters. The van der Waals surface area contributed by atoms with Gasteiger partial charge in [0.05, 0.1) is 4.92 Å². The molecule has 0 spiro atoms. The van der Waals surface area contributed by atoms with E-state index >= 15 is 0 Å². The number of anilines is 1. The van der Waals surface area contributed by atoms with Gasteiger partial charge in [0.25, 0.3) is 0 Å². The minimum Gasteiger partial charge on any atom is -0.364 e. The molecule has 0 saturated carbocycles. The van der Waals surface area contributed by atoms with E-state index < -0.39 is 4.92 Å². The van der Waals surface area contributed by atoms with Crippen molar-refractivity contribution in [2.45, 2.75) is 20.3 Å². The first kappa shape index (κ1) is 13.9. The fraction of sp³-hybridized carbons (Fsp3) is 0.600. The van der Waals surface area contributed by atoms with Crippen LogP contribution in [0.1, 0.15) is 19.0 Å². The Bertz CT molecular complexity index is 455. The summed E-state index contributed by atoms with van der Waals surface area (Å²) in [6.07, 6.45) is 0.259. The molecule has 100 valence electrons. The molecule has 0 aromatic carbocycles. The Morgan fingerprint density at radius 2 is 2.22 bits per heavy atom. The number of carbonyl (C=O) groups excluding carboxylic acids is 1. The van der Waals surface area contributed by atoms with Gasteiger partial charge in [-0.3, -0.25) is 14.9 Å². The van der Waals surface area contributed by atoms with Crippen molar-refractivity contribution in [2.24, 2.45) is 7.05 Å². The summed E-state index contributed by atoms with van der Waals surface area (Å²) in [6, 6.07) is 0. The first-order valence-electron chi connectivity index (χ1n) is 5.66. The zero-order valence-electron chi connectivity index (χ0n) is 10.7. The highest BCUT2D eigenvalue weighted by atomic mass is 16.6. The van der Waals surface area contributed by atoms with Crippen LogP contribution in [0.25, 0.3) is 0 Å². The molecule has 1 heterocycles. The summed E-state index contributed by atoms with van der Waals surface area (Å²) < 4.78 is 1.41. The fourth-order valence-electron chi connectivity index (χ4n) is 1.64. The average Bonchev–Trinajstić information content (AvgIpc) is 2.54. The van der Waals surface area contributed by atoms with E-state index in [4.69, 9.17) is 0 Å². The zero-order valence-corrected chi connectivity index (χ0v) is 10.7. The Labute approximate surface area is 105 Å². The highest BCUT2D eigenvalue weighted by Crippen LogP contribution is 2.26. The monoisotopic (exact) mass is 255 g/mol. The Morgan fingerprint density at radius 3 is 2.78 bits per heavy atom. The van der Waals surface area contributed by atoms with Crippen LogP contribution in [-0.4, -0.2) is 33.7 Å². The molecule has 1 aromatic rings. The summed E-state index contributed by atoms with van der Waals surface area (Å²) in [5.74, 6) is 0.230. The minimum atomic E-state index is -0.475. The summed E-state index contributed by atoms with van der Waals surface area (Å²) in [4.78, 5) is 21.6. The van der Waals surface area contributed by atoms with Crippen molar-refractivity contribution in [2.75, 3.05) is 18.4 Å². The molecule has 2 N–H and O–H groups in total. The lowest BCUT2D eigenvalue weighted by atomic mass is 10.3. The lowest BCUT2D eigenvalue weighted by Gasteiger charge is -2.06. The Hall–Kier alpha value is -2.12. The van der Waals surface area contributed by atoms with Crippen LogP contribution in [-0.2, 0) is 11.8 Å². The molecular formula is C10H17N5O3. The van der Waals surface area contributed by atoms with Crippen LogP contribution in [0.2, 0.25) is 0 Å². The third-order valence-corrected chi connectivity index (χ3v) is 2.39. The molecule has 18 heavy (non-hydrogen) atoms. The van der Waals surface area contributed by atoms with Crippen molar-refractivity contribution >= 4 is 17.4 Å². The van der Waals surface area contributed by atoms with Gasteiger partial charge in [-0.2, -0.15) is 5.10 Å². The fourth-order valence-corrected chi connectivity index (χ4v) is 1.64. The van der Waals surface area contributed by atoms with Crippen molar-refractivity contribution in [1.29, 1.82) is 0 Å². The van der Waals surface area contributed by atoms with Gasteiger partial charge in [0, 0.05) is 26.6 Å². The first-order chi connectivity index (χ1) is 8.47. The lowest BCUT2D eigenvalue weighted by Crippen LogP contribution is -2.25. The number of nitro groups is 1. The van der Waals surface area contributed by atoms with Gasteiger partial charge in [0.1, 0.15) is 5.69 Å². The van der Waals surface area contributed by atoms with Gasteiger partial charge in [-0.15, -0.1) is 0 Å². The van der Waals surface area contributed by atoms with Crippen LogP contribution in [0.15, 0.2) is 0 Å². The molecule has 1 amide bonds. The SMILES string of the molecule is CCNC(=O)CCNc1c([N+](=O)[O-])c(C)nn1C. The molecule has 0 saturated heterocycles. The van der Waals surface area contributed by atoms with E-state index in [-0.39, 0.29) is 18.0 Å². The van der Waals surface area contributed by atoms with Crippen molar-refractivity contribution in [3.8, 4) is 0 Å². The number of rotatable bonds is 6. The van der Waals surface area contributed by atoms with Crippen molar-refractivity contribution < 1.29 is 9.72 Å². The molecule has 8 nitrogen and oxygen atoms in total. The Morgan fingerprint density at radius 1 is 1.56 bits per heavy atom. The van der Waals surface area contributed by atoms with Crippen LogP contribution >= 0.6 is 0 Å². The highest BCUT2D eigenvalue weighted by molar-refractivity contribution is 5.76. The molecule has 0 bridgehead atoms. The molecule has 0 atom stereocenters. The van der Waals surface area contributed by atoms with E-state index in [9.17, 15) is 14.9 Å². The smallest absolute Gasteiger partial charge is 0.333 e. The van der Waals surface area contributed by atoms with Gasteiger partial charge in [-0.1, -0.05) is 0 Å². The zero-order chi connectivity index (χ0) is 13.7. The van der Waals surface area contributed by atoms with Gasteiger partial charge in [0.2, 0.25) is 11.7 Å². The molecule has 0 aliphatic carbocycles. The van der Waals surface area contributed by atoms with Gasteiger partial charge in [0.15, 0.2) is 0 Å². The summed E-state index contributed by atoms with van der Waals surface area (Å²) >= 11 is 0. The molecule has 1 rings (SSSR count). The molecule has 0 fully saturated rings. The van der Waals surface area contributed by atoms with E-state index in [1.54, 1.807) is 14.0 Å². The number of amides is 1. The maximum atomic E-state index is 11.2. The second-order valence-corrected chi connectivity index (χ2v) is 3.79. The first-order valence-corrected chi connectivity index (χ1v) is 5.66. The van der Waals surface area contributed by atoms with E-state index in [0.717, 1.165) is 0 Å². The summed E-state index contributed by atoms with van der Waals surface area (Å²) in [5.41, 5.74) is 0.302. The second kappa shape index (κ2) is 5.99. The standard InChI is InChI=1S/C10H17N5O3/c1-4-11-8(16)5-6-12-10-9(15(17)18)7(2)13-14(10)3/h12H,4-6H2,1-3H3,(H,11,16). The second-order valence-electron chi connectivity index (χ2n) is 3.79. The van der Waals surface area contributed by atoms with Crippen LogP contribution in [0.3, 0.4) is 0 Å². The number of aryl methyl sites for hydroxylation is 2. The van der Waals surface area contributed by atoms with Crippen LogP contribution in [0.5, 0.6) is 0 Å². The van der Waals surface area contributed by atoms with E-state index in [1.807, 2.05) is 6.92 Å². The largest absolute Gasteiger partial charge is 0.364 e. The van der Waals surface area contributed by atoms with Gasteiger partial charge >= 0.3 is 5.69 Å². The number of hydrogen-bond acceptors (Lipinski definition) is 5. The Kier molecular flexibility index (Phi) is 4.64. The maximum Gasteiger partial charge on any atom is 0.333 e. The maximum absolute atomic E-state index is 11.2. The van der Waals surface area contributed by atoms with Crippen molar-refractivity contribution in [3.63, 3.8) is 0 Å². The van der Waals surface area contributed by atoms with Crippen LogP contribution < -0.4 is 10.6 Å². The van der Waals surface area contributed by atoms with E-state index in [0.29, 0.717) is 24.6 Å². The average molecular weight is 255 g/mol. The lowest BCUT2D eigenvalue weighted by molar-refractivity contribution is -0.384. The third-order valence-electron chi connectivity index (χ3n) is 2.39. The number of nitrogens with one attached hydrogen (secondary N) is 2. The summed E-state index contributed by atoms with van der Waals surface area (Å²) in [6.45, 7) is 4.31. The van der Waals surface area contributed by atoms with Crippen molar-refractivity contribution in [3.05, 3.63) is 15.8 Å². The van der Waals surface area contributed by atoms with E-state index in [2.05, 4.69) is 15.7 Å². The third kappa shape index (κ3) is 3.19. The molecule has 0 aliphatic heterocycles. The number of carbonyl (C=O) groups is 1. The minimum absolute atomic E-state index is 0.0478. The van der Waals surface area contributed by atoms with Gasteiger partial charge < -0.3 is 10.6 Å². The van der Waals surface area contributed by atoms with Gasteiger partial charge in [-0.05, 0) is 13.8 Å². The van der Waals surface area contributed by atoms with Crippen molar-refractivity contribution in [1.82, 2.24) is 15.1 Å². The van der Waals surface area contributed by atoms with Gasteiger partial charge in [-0.25, -0.2) is 4.68 Å². The predicted octanol–water partition coefficient (Wildman–Crippen LogP) is 0.575. The number of nitrogens with zero attached hydrogens (tertiary/aromatic N) is 3. The summed E-state index contributed by atoms with van der Waals surface area (Å²) in [7, 11) is 1.62. The number of aromatic nitrogens is 2. The number of hydrogen-bond donors (Lipinski definition) is 2. The normalized spacial score (nSPS) is 10.2. The van der Waals surface area contributed by atoms with E-state index in [1.165, 1.54) is 4.68 Å². The molecule has 0 aliphatic rings. The quantitative estimate of drug-likeness (QED) is 0.571. The summed E-state index contributed by atoms with van der Waals surface area (Å²) in [5, 5.41) is 20.4.